The van der Waals surface area contributed by atoms with Crippen LogP contribution in [0.25, 0.3) is 10.6 Å². The van der Waals surface area contributed by atoms with E-state index in [1.165, 1.54) is 23.6 Å². The zero-order valence-corrected chi connectivity index (χ0v) is 12.3. The van der Waals surface area contributed by atoms with E-state index in [1.807, 2.05) is 24.0 Å². The Balaban J connectivity index is 1.53. The largest absolute Gasteiger partial charge is 0.313 e. The average molecular weight is 291 g/mol. The second-order valence-corrected chi connectivity index (χ2v) is 6.66. The van der Waals surface area contributed by atoms with Crippen LogP contribution >= 0.6 is 23.1 Å². The van der Waals surface area contributed by atoms with E-state index in [1.54, 1.807) is 17.5 Å². The first-order valence-corrected chi connectivity index (χ1v) is 8.61. The minimum Gasteiger partial charge on any atom is -0.313 e. The number of nitrogens with one attached hydrogen (secondary N) is 1. The number of thiazole rings is 1. The number of pyridine rings is 1. The van der Waals surface area contributed by atoms with Crippen LogP contribution in [0.3, 0.4) is 0 Å². The molecule has 1 saturated heterocycles. The van der Waals surface area contributed by atoms with Gasteiger partial charge in [-0.15, -0.1) is 11.3 Å². The van der Waals surface area contributed by atoms with Crippen molar-refractivity contribution in [2.75, 3.05) is 18.1 Å². The Bertz CT molecular complexity index is 506. The Kier molecular flexibility index (Phi) is 4.48. The molecule has 3 rings (SSSR count). The first kappa shape index (κ1) is 13.1. The van der Waals surface area contributed by atoms with E-state index in [0.29, 0.717) is 6.04 Å². The molecule has 0 aromatic carbocycles. The van der Waals surface area contributed by atoms with Crippen molar-refractivity contribution >= 4 is 23.1 Å². The van der Waals surface area contributed by atoms with Crippen molar-refractivity contribution < 1.29 is 0 Å². The van der Waals surface area contributed by atoms with Crippen LogP contribution in [-0.2, 0) is 6.42 Å². The van der Waals surface area contributed by atoms with Gasteiger partial charge >= 0.3 is 0 Å². The molecule has 1 aliphatic rings. The molecule has 3 nitrogen and oxygen atoms in total. The fraction of sp³-hybridized carbons (Fsp3) is 0.429. The van der Waals surface area contributed by atoms with Crippen LogP contribution in [-0.4, -0.2) is 34.1 Å². The molecule has 2 aromatic heterocycles. The quantitative estimate of drug-likeness (QED) is 0.919. The van der Waals surface area contributed by atoms with Gasteiger partial charge in [0.15, 0.2) is 0 Å². The van der Waals surface area contributed by atoms with Gasteiger partial charge < -0.3 is 5.32 Å². The summed E-state index contributed by atoms with van der Waals surface area (Å²) >= 11 is 3.75. The maximum absolute atomic E-state index is 4.68. The van der Waals surface area contributed by atoms with Crippen molar-refractivity contribution in [3.8, 4) is 10.6 Å². The van der Waals surface area contributed by atoms with Gasteiger partial charge in [0.05, 0.1) is 5.69 Å². The summed E-state index contributed by atoms with van der Waals surface area (Å²) in [6.45, 7) is 1.03. The van der Waals surface area contributed by atoms with E-state index in [4.69, 9.17) is 0 Å². The van der Waals surface area contributed by atoms with E-state index >= 15 is 0 Å². The summed E-state index contributed by atoms with van der Waals surface area (Å²) in [4.78, 5) is 8.81. The van der Waals surface area contributed by atoms with Crippen LogP contribution in [0, 0.1) is 0 Å². The second-order valence-electron chi connectivity index (χ2n) is 4.65. The van der Waals surface area contributed by atoms with Crippen molar-refractivity contribution in [2.24, 2.45) is 0 Å². The summed E-state index contributed by atoms with van der Waals surface area (Å²) < 4.78 is 0. The highest BCUT2D eigenvalue weighted by molar-refractivity contribution is 7.99. The van der Waals surface area contributed by atoms with Gasteiger partial charge in [-0.05, 0) is 24.3 Å². The topological polar surface area (TPSA) is 37.8 Å². The number of hydrogen-bond donors (Lipinski definition) is 1. The number of thioether (sulfide) groups is 1. The minimum atomic E-state index is 0.710. The zero-order valence-electron chi connectivity index (χ0n) is 10.7. The third-order valence-electron chi connectivity index (χ3n) is 3.20. The van der Waals surface area contributed by atoms with Crippen molar-refractivity contribution in [1.82, 2.24) is 15.3 Å². The number of hydrogen-bond acceptors (Lipinski definition) is 5. The summed E-state index contributed by atoms with van der Waals surface area (Å²) in [5.74, 6) is 2.57. The zero-order chi connectivity index (χ0) is 12.9. The number of aromatic nitrogens is 2. The molecule has 1 fully saturated rings. The van der Waals surface area contributed by atoms with E-state index in [2.05, 4.69) is 26.7 Å². The van der Waals surface area contributed by atoms with Crippen LogP contribution in [0.4, 0.5) is 0 Å². The second kappa shape index (κ2) is 6.50. The molecule has 0 spiro atoms. The highest BCUT2D eigenvalue weighted by Gasteiger charge is 2.14. The van der Waals surface area contributed by atoms with Crippen LogP contribution in [0.1, 0.15) is 12.1 Å². The lowest BCUT2D eigenvalue weighted by Gasteiger charge is -2.09. The van der Waals surface area contributed by atoms with Gasteiger partial charge in [-0.1, -0.05) is 0 Å². The molecule has 0 bridgehead atoms. The van der Waals surface area contributed by atoms with Crippen LogP contribution in [0.5, 0.6) is 0 Å². The van der Waals surface area contributed by atoms with Crippen molar-refractivity contribution in [3.05, 3.63) is 35.6 Å². The molecular weight excluding hydrogens is 274 g/mol. The summed E-state index contributed by atoms with van der Waals surface area (Å²) in [5.41, 5.74) is 2.29. The standard InChI is InChI=1S/C14H17N3S2/c1-2-11(8-15-5-1)14-17-13(10-19-14)3-6-16-12-4-7-18-9-12/h1-2,5,8,10,12,16H,3-4,6-7,9H2. The van der Waals surface area contributed by atoms with Gasteiger partial charge in [-0.2, -0.15) is 11.8 Å². The Morgan fingerprint density at radius 3 is 3.21 bits per heavy atom. The molecule has 100 valence electrons. The normalized spacial score (nSPS) is 18.8. The van der Waals surface area contributed by atoms with Crippen molar-refractivity contribution in [2.45, 2.75) is 18.9 Å². The Morgan fingerprint density at radius 2 is 2.42 bits per heavy atom. The van der Waals surface area contributed by atoms with Crippen molar-refractivity contribution in [1.29, 1.82) is 0 Å². The van der Waals surface area contributed by atoms with E-state index in [0.717, 1.165) is 23.5 Å². The van der Waals surface area contributed by atoms with Crippen LogP contribution in [0.2, 0.25) is 0 Å². The first-order chi connectivity index (χ1) is 9.42. The number of nitrogens with zero attached hydrogens (tertiary/aromatic N) is 2. The summed E-state index contributed by atoms with van der Waals surface area (Å²) in [7, 11) is 0. The van der Waals surface area contributed by atoms with Gasteiger partial charge in [0, 0.05) is 48.1 Å². The SMILES string of the molecule is c1cncc(-c2nc(CCNC3CCSC3)cs2)c1. The predicted molar refractivity (Wildman–Crippen MR) is 82.8 cm³/mol. The minimum absolute atomic E-state index is 0.710. The summed E-state index contributed by atoms with van der Waals surface area (Å²) in [5, 5.41) is 6.84. The smallest absolute Gasteiger partial charge is 0.125 e. The molecule has 0 saturated carbocycles. The van der Waals surface area contributed by atoms with E-state index in [9.17, 15) is 0 Å². The maximum Gasteiger partial charge on any atom is 0.125 e. The number of rotatable bonds is 5. The molecule has 0 amide bonds. The molecule has 1 aliphatic heterocycles. The van der Waals surface area contributed by atoms with E-state index < -0.39 is 0 Å². The summed E-state index contributed by atoms with van der Waals surface area (Å²) in [6, 6.07) is 4.72. The van der Waals surface area contributed by atoms with Crippen LogP contribution < -0.4 is 5.32 Å². The monoisotopic (exact) mass is 291 g/mol. The van der Waals surface area contributed by atoms with Crippen molar-refractivity contribution in [3.63, 3.8) is 0 Å². The predicted octanol–water partition coefficient (Wildman–Crippen LogP) is 2.84. The Labute approximate surface area is 121 Å². The molecular formula is C14H17N3S2. The fourth-order valence-electron chi connectivity index (χ4n) is 2.14. The van der Waals surface area contributed by atoms with Gasteiger partial charge in [0.25, 0.3) is 0 Å². The van der Waals surface area contributed by atoms with Gasteiger partial charge in [0.1, 0.15) is 5.01 Å². The van der Waals surface area contributed by atoms with Crippen LogP contribution in [0.15, 0.2) is 29.9 Å². The molecule has 1 N–H and O–H groups in total. The lowest BCUT2D eigenvalue weighted by atomic mass is 10.2. The third kappa shape index (κ3) is 3.55. The molecule has 2 aromatic rings. The molecule has 3 heterocycles. The lowest BCUT2D eigenvalue weighted by Crippen LogP contribution is -2.30. The van der Waals surface area contributed by atoms with E-state index in [-0.39, 0.29) is 0 Å². The maximum atomic E-state index is 4.68. The lowest BCUT2D eigenvalue weighted by molar-refractivity contribution is 0.558. The summed E-state index contributed by atoms with van der Waals surface area (Å²) in [6.07, 6.45) is 5.98. The van der Waals surface area contributed by atoms with Gasteiger partial charge in [0.2, 0.25) is 0 Å². The molecule has 0 aliphatic carbocycles. The Hall–Kier alpha value is -0.910. The third-order valence-corrected chi connectivity index (χ3v) is 5.31. The van der Waals surface area contributed by atoms with Gasteiger partial charge in [-0.3, -0.25) is 4.98 Å². The highest BCUT2D eigenvalue weighted by atomic mass is 32.2. The highest BCUT2D eigenvalue weighted by Crippen LogP contribution is 2.22. The molecule has 1 atom stereocenters. The molecule has 19 heavy (non-hydrogen) atoms. The first-order valence-electron chi connectivity index (χ1n) is 6.58. The molecule has 5 heteroatoms. The Morgan fingerprint density at radius 1 is 1.42 bits per heavy atom. The molecule has 1 unspecified atom stereocenters. The van der Waals surface area contributed by atoms with Gasteiger partial charge in [-0.25, -0.2) is 4.98 Å². The fourth-order valence-corrected chi connectivity index (χ4v) is 4.18. The molecule has 0 radical (unpaired) electrons. The average Bonchev–Trinajstić information content (AvgIpc) is 3.11.